The highest BCUT2D eigenvalue weighted by atomic mass is 16.5. The van der Waals surface area contributed by atoms with Gasteiger partial charge in [0.15, 0.2) is 0 Å². The zero-order valence-corrected chi connectivity index (χ0v) is 6.81. The van der Waals surface area contributed by atoms with Crippen molar-refractivity contribution in [2.24, 2.45) is 0 Å². The SMILES string of the molecule is CC[C](C)C1CNCCO1. The van der Waals surface area contributed by atoms with Crippen LogP contribution in [0.25, 0.3) is 0 Å². The van der Waals surface area contributed by atoms with Crippen LogP contribution in [0.5, 0.6) is 0 Å². The van der Waals surface area contributed by atoms with E-state index in [1.54, 1.807) is 0 Å². The van der Waals surface area contributed by atoms with E-state index in [4.69, 9.17) is 4.74 Å². The van der Waals surface area contributed by atoms with Crippen LogP contribution >= 0.6 is 0 Å². The van der Waals surface area contributed by atoms with Gasteiger partial charge in [-0.05, 0) is 6.42 Å². The number of hydrogen-bond acceptors (Lipinski definition) is 2. The summed E-state index contributed by atoms with van der Waals surface area (Å²) >= 11 is 0. The quantitative estimate of drug-likeness (QED) is 0.620. The van der Waals surface area contributed by atoms with Gasteiger partial charge in [-0.25, -0.2) is 0 Å². The molecule has 0 amide bonds. The molecule has 59 valence electrons. The maximum atomic E-state index is 5.53. The third-order valence-electron chi connectivity index (χ3n) is 2.03. The van der Waals surface area contributed by atoms with E-state index in [9.17, 15) is 0 Å². The summed E-state index contributed by atoms with van der Waals surface area (Å²) in [7, 11) is 0. The van der Waals surface area contributed by atoms with E-state index in [0.717, 1.165) is 26.1 Å². The Labute approximate surface area is 63.0 Å². The number of rotatable bonds is 2. The van der Waals surface area contributed by atoms with Gasteiger partial charge in [-0.15, -0.1) is 0 Å². The molecule has 1 fully saturated rings. The Morgan fingerprint density at radius 1 is 1.70 bits per heavy atom. The molecule has 0 saturated carbocycles. The molecule has 0 spiro atoms. The highest BCUT2D eigenvalue weighted by molar-refractivity contribution is 4.94. The first-order valence-corrected chi connectivity index (χ1v) is 3.99. The smallest absolute Gasteiger partial charge is 0.0759 e. The van der Waals surface area contributed by atoms with E-state index in [1.165, 1.54) is 5.92 Å². The van der Waals surface area contributed by atoms with Crippen LogP contribution in [-0.2, 0) is 4.74 Å². The van der Waals surface area contributed by atoms with E-state index in [-0.39, 0.29) is 0 Å². The molecule has 1 radical (unpaired) electrons. The fourth-order valence-electron chi connectivity index (χ4n) is 1.11. The van der Waals surface area contributed by atoms with Crippen molar-refractivity contribution in [1.29, 1.82) is 0 Å². The topological polar surface area (TPSA) is 21.3 Å². The average Bonchev–Trinajstić information content (AvgIpc) is 2.05. The van der Waals surface area contributed by atoms with Gasteiger partial charge in [0, 0.05) is 19.0 Å². The first-order valence-electron chi connectivity index (χ1n) is 3.99. The van der Waals surface area contributed by atoms with Crippen molar-refractivity contribution >= 4 is 0 Å². The van der Waals surface area contributed by atoms with Crippen LogP contribution in [0.3, 0.4) is 0 Å². The first kappa shape index (κ1) is 8.02. The van der Waals surface area contributed by atoms with Crippen molar-refractivity contribution in [3.05, 3.63) is 5.92 Å². The average molecular weight is 142 g/mol. The van der Waals surface area contributed by atoms with Crippen molar-refractivity contribution in [2.45, 2.75) is 26.4 Å². The third kappa shape index (κ3) is 1.96. The molecule has 1 atom stereocenters. The predicted molar refractivity (Wildman–Crippen MR) is 41.8 cm³/mol. The Hall–Kier alpha value is -0.0800. The predicted octanol–water partition coefficient (Wildman–Crippen LogP) is 0.979. The number of ether oxygens (including phenoxy) is 1. The van der Waals surface area contributed by atoms with Gasteiger partial charge < -0.3 is 10.1 Å². The Morgan fingerprint density at radius 3 is 3.00 bits per heavy atom. The molecule has 0 bridgehead atoms. The monoisotopic (exact) mass is 142 g/mol. The van der Waals surface area contributed by atoms with E-state index < -0.39 is 0 Å². The summed E-state index contributed by atoms with van der Waals surface area (Å²) < 4.78 is 5.53. The number of nitrogens with one attached hydrogen (secondary N) is 1. The second-order valence-electron chi connectivity index (χ2n) is 2.76. The van der Waals surface area contributed by atoms with E-state index in [1.807, 2.05) is 0 Å². The molecule has 1 saturated heterocycles. The Kier molecular flexibility index (Phi) is 3.16. The second kappa shape index (κ2) is 3.94. The highest BCUT2D eigenvalue weighted by Crippen LogP contribution is 2.14. The van der Waals surface area contributed by atoms with Crippen molar-refractivity contribution in [3.8, 4) is 0 Å². The second-order valence-corrected chi connectivity index (χ2v) is 2.76. The molecule has 1 aliphatic heterocycles. The van der Waals surface area contributed by atoms with Crippen LogP contribution < -0.4 is 5.32 Å². The lowest BCUT2D eigenvalue weighted by atomic mass is 10.0. The summed E-state index contributed by atoms with van der Waals surface area (Å²) in [4.78, 5) is 0. The van der Waals surface area contributed by atoms with Crippen molar-refractivity contribution in [3.63, 3.8) is 0 Å². The molecule has 1 rings (SSSR count). The van der Waals surface area contributed by atoms with E-state index in [0.29, 0.717) is 6.10 Å². The maximum absolute atomic E-state index is 5.53. The molecule has 1 aliphatic rings. The van der Waals surface area contributed by atoms with Gasteiger partial charge in [-0.2, -0.15) is 0 Å². The molecule has 2 heteroatoms. The standard InChI is InChI=1S/C8H16NO/c1-3-7(2)8-6-9-4-5-10-8/h8-9H,3-6H2,1-2H3. The summed E-state index contributed by atoms with van der Waals surface area (Å²) in [6.07, 6.45) is 1.51. The summed E-state index contributed by atoms with van der Waals surface area (Å²) in [6.45, 7) is 7.21. The third-order valence-corrected chi connectivity index (χ3v) is 2.03. The minimum atomic E-state index is 0.374. The van der Waals surface area contributed by atoms with Gasteiger partial charge in [0.1, 0.15) is 0 Å². The molecule has 1 N–H and O–H groups in total. The normalized spacial score (nSPS) is 27.3. The van der Waals surface area contributed by atoms with Crippen LogP contribution in [0.2, 0.25) is 0 Å². The van der Waals surface area contributed by atoms with Gasteiger partial charge in [-0.1, -0.05) is 13.8 Å². The number of morpholine rings is 1. The lowest BCUT2D eigenvalue weighted by Crippen LogP contribution is -2.41. The maximum Gasteiger partial charge on any atom is 0.0759 e. The van der Waals surface area contributed by atoms with Gasteiger partial charge in [0.2, 0.25) is 0 Å². The van der Waals surface area contributed by atoms with Gasteiger partial charge in [-0.3, -0.25) is 0 Å². The van der Waals surface area contributed by atoms with E-state index >= 15 is 0 Å². The zero-order chi connectivity index (χ0) is 7.40. The summed E-state index contributed by atoms with van der Waals surface area (Å²) in [5.74, 6) is 1.45. The summed E-state index contributed by atoms with van der Waals surface area (Å²) in [5.41, 5.74) is 0. The Balaban J connectivity index is 2.24. The van der Waals surface area contributed by atoms with Crippen molar-refractivity contribution in [2.75, 3.05) is 19.7 Å². The molecule has 1 unspecified atom stereocenters. The largest absolute Gasteiger partial charge is 0.375 e. The van der Waals surface area contributed by atoms with Crippen LogP contribution in [0.4, 0.5) is 0 Å². The fourth-order valence-corrected chi connectivity index (χ4v) is 1.11. The van der Waals surface area contributed by atoms with Crippen LogP contribution in [0, 0.1) is 5.92 Å². The lowest BCUT2D eigenvalue weighted by molar-refractivity contribution is 0.0363. The minimum Gasteiger partial charge on any atom is -0.375 e. The van der Waals surface area contributed by atoms with E-state index in [2.05, 4.69) is 19.2 Å². The van der Waals surface area contributed by atoms with Crippen LogP contribution in [0.1, 0.15) is 20.3 Å². The summed E-state index contributed by atoms with van der Waals surface area (Å²) in [5, 5.41) is 3.30. The van der Waals surface area contributed by atoms with Gasteiger partial charge in [0.05, 0.1) is 12.7 Å². The molecule has 1 heterocycles. The lowest BCUT2D eigenvalue weighted by Gasteiger charge is -2.27. The Bertz CT molecular complexity index is 89.3. The van der Waals surface area contributed by atoms with Crippen molar-refractivity contribution < 1.29 is 4.74 Å². The molecular weight excluding hydrogens is 126 g/mol. The fraction of sp³-hybridized carbons (Fsp3) is 0.875. The number of hydrogen-bond donors (Lipinski definition) is 1. The van der Waals surface area contributed by atoms with Crippen LogP contribution in [0.15, 0.2) is 0 Å². The highest BCUT2D eigenvalue weighted by Gasteiger charge is 2.18. The Morgan fingerprint density at radius 2 is 2.50 bits per heavy atom. The molecule has 2 nitrogen and oxygen atoms in total. The molecule has 0 aromatic rings. The molecular formula is C8H16NO. The molecule has 0 aromatic heterocycles. The van der Waals surface area contributed by atoms with Crippen molar-refractivity contribution in [1.82, 2.24) is 5.32 Å². The van der Waals surface area contributed by atoms with Gasteiger partial charge in [0.25, 0.3) is 0 Å². The molecule has 0 aliphatic carbocycles. The molecule has 10 heavy (non-hydrogen) atoms. The molecule has 0 aromatic carbocycles. The minimum absolute atomic E-state index is 0.374. The zero-order valence-electron chi connectivity index (χ0n) is 6.81. The van der Waals surface area contributed by atoms with Gasteiger partial charge >= 0.3 is 0 Å². The van der Waals surface area contributed by atoms with Crippen LogP contribution in [-0.4, -0.2) is 25.8 Å². The summed E-state index contributed by atoms with van der Waals surface area (Å²) in [6, 6.07) is 0. The first-order chi connectivity index (χ1) is 4.84.